The molecule has 0 saturated heterocycles. The van der Waals surface area contributed by atoms with E-state index in [2.05, 4.69) is 16.9 Å². The van der Waals surface area contributed by atoms with Gasteiger partial charge in [-0.05, 0) is 30.9 Å². The van der Waals surface area contributed by atoms with E-state index in [1.54, 1.807) is 0 Å². The summed E-state index contributed by atoms with van der Waals surface area (Å²) in [5.74, 6) is 0.620. The first-order valence-electron chi connectivity index (χ1n) is 5.73. The number of aliphatic hydroxyl groups is 1. The number of anilines is 1. The molecular formula is C12H19N3O. The molecule has 4 nitrogen and oxygen atoms in total. The third kappa shape index (κ3) is 2.51. The normalized spacial score (nSPS) is 23.9. The maximum atomic E-state index is 9.23. The number of nitrogens with two attached hydrogens (primary N) is 1. The van der Waals surface area contributed by atoms with Gasteiger partial charge in [-0.25, -0.2) is 0 Å². The van der Waals surface area contributed by atoms with Gasteiger partial charge in [-0.2, -0.15) is 0 Å². The number of rotatable bonds is 4. The van der Waals surface area contributed by atoms with Crippen molar-refractivity contribution in [3.8, 4) is 0 Å². The Kier molecular flexibility index (Phi) is 3.41. The van der Waals surface area contributed by atoms with E-state index in [0.717, 1.165) is 30.8 Å². The molecule has 1 saturated carbocycles. The van der Waals surface area contributed by atoms with E-state index in [1.165, 1.54) is 0 Å². The molecule has 3 N–H and O–H groups in total. The lowest BCUT2D eigenvalue weighted by Crippen LogP contribution is -2.37. The van der Waals surface area contributed by atoms with Crippen LogP contribution >= 0.6 is 0 Å². The molecule has 1 aliphatic rings. The van der Waals surface area contributed by atoms with Crippen LogP contribution in [0.3, 0.4) is 0 Å². The lowest BCUT2D eigenvalue weighted by molar-refractivity contribution is 0.0465. The summed E-state index contributed by atoms with van der Waals surface area (Å²) in [5, 5.41) is 9.23. The number of aliphatic hydroxyl groups excluding tert-OH is 1. The summed E-state index contributed by atoms with van der Waals surface area (Å²) in [6.45, 7) is 1.47. The monoisotopic (exact) mass is 221 g/mol. The van der Waals surface area contributed by atoms with Crippen molar-refractivity contribution in [3.63, 3.8) is 0 Å². The average molecular weight is 221 g/mol. The summed E-state index contributed by atoms with van der Waals surface area (Å²) in [7, 11) is 2.06. The summed E-state index contributed by atoms with van der Waals surface area (Å²) in [5.41, 5.74) is 7.52. The van der Waals surface area contributed by atoms with E-state index < -0.39 is 0 Å². The molecule has 0 spiro atoms. The Morgan fingerprint density at radius 3 is 2.75 bits per heavy atom. The number of hydrogen-bond donors (Lipinski definition) is 2. The zero-order valence-corrected chi connectivity index (χ0v) is 9.63. The Morgan fingerprint density at radius 1 is 1.50 bits per heavy atom. The Balaban J connectivity index is 1.90. The zero-order chi connectivity index (χ0) is 11.5. The summed E-state index contributed by atoms with van der Waals surface area (Å²) >= 11 is 0. The topological polar surface area (TPSA) is 62.4 Å². The van der Waals surface area contributed by atoms with Crippen LogP contribution in [0.4, 0.5) is 5.69 Å². The van der Waals surface area contributed by atoms with E-state index in [9.17, 15) is 5.11 Å². The predicted octanol–water partition coefficient (Wildman–Crippen LogP) is 0.747. The molecule has 0 bridgehead atoms. The van der Waals surface area contributed by atoms with E-state index in [0.29, 0.717) is 12.5 Å². The highest BCUT2D eigenvalue weighted by Crippen LogP contribution is 2.28. The molecule has 1 aromatic heterocycles. The fourth-order valence-corrected chi connectivity index (χ4v) is 2.11. The van der Waals surface area contributed by atoms with Gasteiger partial charge in [0.2, 0.25) is 0 Å². The minimum atomic E-state index is -0.0730. The molecule has 0 aliphatic heterocycles. The van der Waals surface area contributed by atoms with Gasteiger partial charge in [0.25, 0.3) is 0 Å². The molecule has 0 radical (unpaired) electrons. The number of pyridine rings is 1. The minimum Gasteiger partial charge on any atom is -0.393 e. The van der Waals surface area contributed by atoms with Crippen LogP contribution in [0.2, 0.25) is 0 Å². The maximum absolute atomic E-state index is 9.23. The van der Waals surface area contributed by atoms with Crippen LogP contribution in [-0.2, 0) is 6.54 Å². The molecule has 0 unspecified atom stereocenters. The third-order valence-corrected chi connectivity index (χ3v) is 3.20. The highest BCUT2D eigenvalue weighted by Gasteiger charge is 2.27. The second-order valence-electron chi connectivity index (χ2n) is 4.58. The van der Waals surface area contributed by atoms with Gasteiger partial charge in [0, 0.05) is 20.1 Å². The van der Waals surface area contributed by atoms with Crippen LogP contribution in [0, 0.1) is 5.92 Å². The zero-order valence-electron chi connectivity index (χ0n) is 9.63. The van der Waals surface area contributed by atoms with E-state index in [4.69, 9.17) is 5.73 Å². The second kappa shape index (κ2) is 4.80. The van der Waals surface area contributed by atoms with Gasteiger partial charge < -0.3 is 15.7 Å². The SMILES string of the molecule is CN(CC1CC(O)C1)c1ccc(CN)nc1. The van der Waals surface area contributed by atoms with Gasteiger partial charge in [-0.3, -0.25) is 4.98 Å². The molecule has 16 heavy (non-hydrogen) atoms. The van der Waals surface area contributed by atoms with Gasteiger partial charge >= 0.3 is 0 Å². The Morgan fingerprint density at radius 2 is 2.25 bits per heavy atom. The molecule has 0 atom stereocenters. The van der Waals surface area contributed by atoms with Crippen LogP contribution in [-0.4, -0.2) is 29.8 Å². The van der Waals surface area contributed by atoms with Crippen LogP contribution in [0.15, 0.2) is 18.3 Å². The molecule has 0 aromatic carbocycles. The maximum Gasteiger partial charge on any atom is 0.0550 e. The predicted molar refractivity (Wildman–Crippen MR) is 64.1 cm³/mol. The summed E-state index contributed by atoms with van der Waals surface area (Å²) in [6.07, 6.45) is 3.64. The van der Waals surface area contributed by atoms with Crippen LogP contribution < -0.4 is 10.6 Å². The molecule has 1 fully saturated rings. The number of hydrogen-bond acceptors (Lipinski definition) is 4. The molecule has 1 aromatic rings. The summed E-state index contributed by atoms with van der Waals surface area (Å²) < 4.78 is 0. The number of aromatic nitrogens is 1. The molecule has 0 amide bonds. The molecule has 4 heteroatoms. The van der Waals surface area contributed by atoms with E-state index in [-0.39, 0.29) is 6.10 Å². The smallest absolute Gasteiger partial charge is 0.0550 e. The van der Waals surface area contributed by atoms with Crippen molar-refractivity contribution in [2.24, 2.45) is 11.7 Å². The number of nitrogens with zero attached hydrogens (tertiary/aromatic N) is 2. The quantitative estimate of drug-likeness (QED) is 0.787. The van der Waals surface area contributed by atoms with Gasteiger partial charge in [-0.15, -0.1) is 0 Å². The standard InChI is InChI=1S/C12H19N3O/c1-15(8-9-4-12(16)5-9)11-3-2-10(6-13)14-7-11/h2-3,7,9,12,16H,4-6,8,13H2,1H3. The summed E-state index contributed by atoms with van der Waals surface area (Å²) in [4.78, 5) is 6.45. The van der Waals surface area contributed by atoms with Crippen molar-refractivity contribution in [2.45, 2.75) is 25.5 Å². The van der Waals surface area contributed by atoms with Crippen molar-refractivity contribution < 1.29 is 5.11 Å². The Bertz CT molecular complexity index is 333. The molecule has 2 rings (SSSR count). The highest BCUT2D eigenvalue weighted by atomic mass is 16.3. The molecular weight excluding hydrogens is 202 g/mol. The fraction of sp³-hybridized carbons (Fsp3) is 0.583. The lowest BCUT2D eigenvalue weighted by atomic mass is 9.82. The molecule has 1 heterocycles. The average Bonchev–Trinajstić information content (AvgIpc) is 2.27. The largest absolute Gasteiger partial charge is 0.393 e. The minimum absolute atomic E-state index is 0.0730. The highest BCUT2D eigenvalue weighted by molar-refractivity contribution is 5.43. The van der Waals surface area contributed by atoms with Gasteiger partial charge in [0.05, 0.1) is 23.7 Å². The van der Waals surface area contributed by atoms with Crippen LogP contribution in [0.1, 0.15) is 18.5 Å². The Labute approximate surface area is 96.1 Å². The third-order valence-electron chi connectivity index (χ3n) is 3.20. The molecule has 1 aliphatic carbocycles. The second-order valence-corrected chi connectivity index (χ2v) is 4.58. The van der Waals surface area contributed by atoms with Crippen molar-refractivity contribution in [1.82, 2.24) is 4.98 Å². The fourth-order valence-electron chi connectivity index (χ4n) is 2.11. The van der Waals surface area contributed by atoms with Gasteiger partial charge in [0.15, 0.2) is 0 Å². The lowest BCUT2D eigenvalue weighted by Gasteiger charge is -2.35. The van der Waals surface area contributed by atoms with Gasteiger partial charge in [-0.1, -0.05) is 0 Å². The van der Waals surface area contributed by atoms with Crippen molar-refractivity contribution in [1.29, 1.82) is 0 Å². The first-order chi connectivity index (χ1) is 7.69. The van der Waals surface area contributed by atoms with Gasteiger partial charge in [0.1, 0.15) is 0 Å². The van der Waals surface area contributed by atoms with Crippen molar-refractivity contribution in [2.75, 3.05) is 18.5 Å². The van der Waals surface area contributed by atoms with Crippen molar-refractivity contribution >= 4 is 5.69 Å². The van der Waals surface area contributed by atoms with Crippen molar-refractivity contribution in [3.05, 3.63) is 24.0 Å². The van der Waals surface area contributed by atoms with E-state index >= 15 is 0 Å². The Hall–Kier alpha value is -1.13. The molecule has 88 valence electrons. The first-order valence-corrected chi connectivity index (χ1v) is 5.73. The first kappa shape index (κ1) is 11.4. The van der Waals surface area contributed by atoms with E-state index in [1.807, 2.05) is 18.3 Å². The summed E-state index contributed by atoms with van der Waals surface area (Å²) in [6, 6.07) is 4.01. The van der Waals surface area contributed by atoms with Crippen LogP contribution in [0.5, 0.6) is 0 Å². The van der Waals surface area contributed by atoms with Crippen LogP contribution in [0.25, 0.3) is 0 Å².